The highest BCUT2D eigenvalue weighted by Gasteiger charge is 2.32. The van der Waals surface area contributed by atoms with Crippen LogP contribution in [0.5, 0.6) is 0 Å². The van der Waals surface area contributed by atoms with Gasteiger partial charge in [-0.25, -0.2) is 0 Å². The lowest BCUT2D eigenvalue weighted by molar-refractivity contribution is -0.137. The fourth-order valence-corrected chi connectivity index (χ4v) is 8.60. The molecule has 0 spiro atoms. The molecule has 0 radical (unpaired) electrons. The topological polar surface area (TPSA) is 81.2 Å². The summed E-state index contributed by atoms with van der Waals surface area (Å²) in [5.74, 6) is 0. The van der Waals surface area contributed by atoms with E-state index in [0.29, 0.717) is 39.2 Å². The van der Waals surface area contributed by atoms with Crippen molar-refractivity contribution in [3.05, 3.63) is 192 Å². The standard InChI is InChI=1S/C52H28F3N5/c53-52(54,55)37-20-24-50(59-46-15-7-5-13-40(46)43-26-33(18-22-48(43)59)38-11-3-1-9-35(38)30-57)45(28-37)42-21-17-32(29-56)25-51(42)60-47-16-8-6-14-41(47)44-27-34(19-23-49(44)60)39-12-4-2-10-36(39)31-58/h1-28H. The van der Waals surface area contributed by atoms with Crippen molar-refractivity contribution < 1.29 is 13.2 Å². The van der Waals surface area contributed by atoms with E-state index in [1.807, 2.05) is 130 Å². The Hall–Kier alpha value is -8.38. The summed E-state index contributed by atoms with van der Waals surface area (Å²) in [5, 5.41) is 33.6. The molecule has 5 nitrogen and oxygen atoms in total. The summed E-state index contributed by atoms with van der Waals surface area (Å²) >= 11 is 0. The van der Waals surface area contributed by atoms with E-state index in [1.165, 1.54) is 12.1 Å². The number of halogens is 3. The molecule has 2 heterocycles. The Bertz CT molecular complexity index is 3530. The third kappa shape index (κ3) is 5.69. The Balaban J connectivity index is 1.27. The van der Waals surface area contributed by atoms with Crippen LogP contribution in [0.25, 0.3) is 88.4 Å². The lowest BCUT2D eigenvalue weighted by Gasteiger charge is -2.20. The Morgan fingerprint density at radius 3 is 1.42 bits per heavy atom. The first kappa shape index (κ1) is 36.0. The molecule has 0 N–H and O–H groups in total. The molecule has 0 aliphatic rings. The predicted octanol–water partition coefficient (Wildman–Crippen LogP) is 13.5. The minimum absolute atomic E-state index is 0.316. The number of benzene rings is 8. The Labute approximate surface area is 341 Å². The number of rotatable bonds is 5. The van der Waals surface area contributed by atoms with Gasteiger partial charge in [0.15, 0.2) is 0 Å². The monoisotopic (exact) mass is 779 g/mol. The summed E-state index contributed by atoms with van der Waals surface area (Å²) in [6.45, 7) is 0. The summed E-state index contributed by atoms with van der Waals surface area (Å²) in [4.78, 5) is 0. The van der Waals surface area contributed by atoms with Gasteiger partial charge in [-0.3, -0.25) is 0 Å². The number of hydrogen-bond acceptors (Lipinski definition) is 3. The van der Waals surface area contributed by atoms with Crippen LogP contribution in [0.3, 0.4) is 0 Å². The van der Waals surface area contributed by atoms with E-state index in [1.54, 1.807) is 30.3 Å². The SMILES string of the molecule is N#Cc1ccc(-c2cc(C(F)(F)F)ccc2-n2c3ccccc3c3cc(-c4ccccc4C#N)ccc32)c(-n2c3ccccc3c3cc(-c4ccccc4C#N)ccc32)c1. The smallest absolute Gasteiger partial charge is 0.309 e. The molecule has 2 aromatic heterocycles. The maximum atomic E-state index is 14.8. The van der Waals surface area contributed by atoms with Crippen molar-refractivity contribution in [1.29, 1.82) is 15.8 Å². The number of alkyl halides is 3. The summed E-state index contributed by atoms with van der Waals surface area (Å²) in [6.07, 6.45) is -4.65. The van der Waals surface area contributed by atoms with Crippen LogP contribution >= 0.6 is 0 Å². The van der Waals surface area contributed by atoms with Gasteiger partial charge in [0.1, 0.15) is 0 Å². The number of nitriles is 3. The van der Waals surface area contributed by atoms with Crippen molar-refractivity contribution in [1.82, 2.24) is 9.13 Å². The summed E-state index contributed by atoms with van der Waals surface area (Å²) in [6, 6.07) is 58.0. The van der Waals surface area contributed by atoms with Crippen molar-refractivity contribution in [2.45, 2.75) is 6.18 Å². The first-order valence-corrected chi connectivity index (χ1v) is 19.1. The molecular formula is C52H28F3N5. The van der Waals surface area contributed by atoms with Crippen LogP contribution in [0.1, 0.15) is 22.3 Å². The van der Waals surface area contributed by atoms with Crippen LogP contribution in [0.15, 0.2) is 170 Å². The minimum Gasteiger partial charge on any atom is -0.309 e. The first-order valence-electron chi connectivity index (χ1n) is 19.1. The second-order valence-electron chi connectivity index (χ2n) is 14.6. The summed E-state index contributed by atoms with van der Waals surface area (Å²) < 4.78 is 48.3. The maximum Gasteiger partial charge on any atom is 0.416 e. The van der Waals surface area contributed by atoms with Gasteiger partial charge in [0, 0.05) is 32.7 Å². The number of hydrogen-bond donors (Lipinski definition) is 0. The molecule has 60 heavy (non-hydrogen) atoms. The molecule has 0 aliphatic carbocycles. The zero-order chi connectivity index (χ0) is 41.1. The van der Waals surface area contributed by atoms with Gasteiger partial charge in [-0.1, -0.05) is 91.0 Å². The van der Waals surface area contributed by atoms with Gasteiger partial charge in [-0.15, -0.1) is 0 Å². The van der Waals surface area contributed by atoms with Gasteiger partial charge in [0.05, 0.1) is 73.9 Å². The molecular weight excluding hydrogens is 752 g/mol. The van der Waals surface area contributed by atoms with Gasteiger partial charge in [-0.05, 0) is 101 Å². The van der Waals surface area contributed by atoms with E-state index in [9.17, 15) is 29.0 Å². The molecule has 0 amide bonds. The van der Waals surface area contributed by atoms with Gasteiger partial charge in [-0.2, -0.15) is 29.0 Å². The van der Waals surface area contributed by atoms with Gasteiger partial charge >= 0.3 is 6.18 Å². The number of fused-ring (bicyclic) bond motifs is 6. The zero-order valence-electron chi connectivity index (χ0n) is 31.5. The summed E-state index contributed by atoms with van der Waals surface area (Å²) in [7, 11) is 0. The van der Waals surface area contributed by atoms with E-state index >= 15 is 0 Å². The van der Waals surface area contributed by atoms with E-state index in [-0.39, 0.29) is 0 Å². The van der Waals surface area contributed by atoms with Crippen molar-refractivity contribution in [3.8, 4) is 63.0 Å². The average Bonchev–Trinajstić information content (AvgIpc) is 3.80. The van der Waals surface area contributed by atoms with E-state index < -0.39 is 11.7 Å². The van der Waals surface area contributed by atoms with Gasteiger partial charge < -0.3 is 9.13 Å². The van der Waals surface area contributed by atoms with Crippen molar-refractivity contribution in [2.24, 2.45) is 0 Å². The normalized spacial score (nSPS) is 11.5. The second-order valence-corrected chi connectivity index (χ2v) is 14.6. The highest BCUT2D eigenvalue weighted by Crippen LogP contribution is 2.44. The molecule has 0 unspecified atom stereocenters. The van der Waals surface area contributed by atoms with Crippen LogP contribution in [0.2, 0.25) is 0 Å². The quantitative estimate of drug-likeness (QED) is 0.174. The number of aromatic nitrogens is 2. The largest absolute Gasteiger partial charge is 0.416 e. The molecule has 0 saturated heterocycles. The van der Waals surface area contributed by atoms with Gasteiger partial charge in [0.25, 0.3) is 0 Å². The van der Waals surface area contributed by atoms with Crippen molar-refractivity contribution >= 4 is 43.6 Å². The summed E-state index contributed by atoms with van der Waals surface area (Å²) in [5.41, 5.74) is 8.84. The third-order valence-corrected chi connectivity index (χ3v) is 11.3. The second kappa shape index (κ2) is 13.9. The molecule has 0 bridgehead atoms. The third-order valence-electron chi connectivity index (χ3n) is 11.3. The van der Waals surface area contributed by atoms with Gasteiger partial charge in [0.2, 0.25) is 0 Å². The van der Waals surface area contributed by atoms with Crippen LogP contribution in [-0.2, 0) is 6.18 Å². The van der Waals surface area contributed by atoms with Crippen LogP contribution in [-0.4, -0.2) is 9.13 Å². The fourth-order valence-electron chi connectivity index (χ4n) is 8.60. The molecule has 0 saturated carbocycles. The molecule has 10 rings (SSSR count). The molecule has 8 aromatic carbocycles. The number of para-hydroxylation sites is 2. The Morgan fingerprint density at radius 1 is 0.383 bits per heavy atom. The molecule has 8 heteroatoms. The lowest BCUT2D eigenvalue weighted by atomic mass is 9.96. The molecule has 282 valence electrons. The molecule has 0 fully saturated rings. The lowest BCUT2D eigenvalue weighted by Crippen LogP contribution is -2.08. The maximum absolute atomic E-state index is 14.8. The molecule has 0 aliphatic heterocycles. The van der Waals surface area contributed by atoms with Crippen LogP contribution < -0.4 is 0 Å². The van der Waals surface area contributed by atoms with Crippen LogP contribution in [0, 0.1) is 34.0 Å². The highest BCUT2D eigenvalue weighted by molar-refractivity contribution is 6.13. The highest BCUT2D eigenvalue weighted by atomic mass is 19.4. The van der Waals surface area contributed by atoms with E-state index in [0.717, 1.165) is 71.9 Å². The fraction of sp³-hybridized carbons (Fsp3) is 0.0192. The molecule has 0 atom stereocenters. The molecule has 10 aromatic rings. The Morgan fingerprint density at radius 2 is 0.883 bits per heavy atom. The van der Waals surface area contributed by atoms with Crippen LogP contribution in [0.4, 0.5) is 13.2 Å². The van der Waals surface area contributed by atoms with Crippen molar-refractivity contribution in [3.63, 3.8) is 0 Å². The Kier molecular flexibility index (Phi) is 8.35. The van der Waals surface area contributed by atoms with E-state index in [4.69, 9.17) is 0 Å². The average molecular weight is 780 g/mol. The minimum atomic E-state index is -4.65. The van der Waals surface area contributed by atoms with E-state index in [2.05, 4.69) is 18.2 Å². The number of nitrogens with zero attached hydrogens (tertiary/aromatic N) is 5. The predicted molar refractivity (Wildman–Crippen MR) is 231 cm³/mol. The van der Waals surface area contributed by atoms with Crippen molar-refractivity contribution in [2.75, 3.05) is 0 Å². The first-order chi connectivity index (χ1) is 29.3. The zero-order valence-corrected chi connectivity index (χ0v) is 31.5.